The smallest absolute Gasteiger partial charge is 0.465 e. The summed E-state index contributed by atoms with van der Waals surface area (Å²) in [5.74, 6) is 1.09. The van der Waals surface area contributed by atoms with Gasteiger partial charge in [-0.05, 0) is 94.0 Å². The van der Waals surface area contributed by atoms with Crippen molar-refractivity contribution in [3.8, 4) is 0 Å². The molecule has 0 N–H and O–H groups in total. The van der Waals surface area contributed by atoms with E-state index < -0.39 is 12.1 Å². The summed E-state index contributed by atoms with van der Waals surface area (Å²) in [6.07, 6.45) is 24.0. The summed E-state index contributed by atoms with van der Waals surface area (Å²) in [5, 5.41) is 0. The van der Waals surface area contributed by atoms with Crippen LogP contribution in [0.1, 0.15) is 162 Å². The lowest BCUT2D eigenvalue weighted by Crippen LogP contribution is -2.41. The van der Waals surface area contributed by atoms with Crippen LogP contribution in [-0.4, -0.2) is 69.1 Å². The summed E-state index contributed by atoms with van der Waals surface area (Å²) in [7, 11) is 0. The second-order valence-corrected chi connectivity index (χ2v) is 16.0. The van der Waals surface area contributed by atoms with Crippen molar-refractivity contribution in [2.45, 2.75) is 162 Å². The van der Waals surface area contributed by atoms with Crippen LogP contribution in [0.25, 0.3) is 0 Å². The summed E-state index contributed by atoms with van der Waals surface area (Å²) >= 11 is 0. The van der Waals surface area contributed by atoms with Gasteiger partial charge in [-0.2, -0.15) is 0 Å². The van der Waals surface area contributed by atoms with E-state index in [4.69, 9.17) is 18.9 Å². The van der Waals surface area contributed by atoms with Crippen molar-refractivity contribution in [2.24, 2.45) is 29.1 Å². The summed E-state index contributed by atoms with van der Waals surface area (Å²) in [4.78, 5) is 40.4. The van der Waals surface area contributed by atoms with Gasteiger partial charge in [-0.15, -0.1) is 0 Å². The molecule has 1 heterocycles. The average molecular weight is 678 g/mol. The number of esters is 2. The maximum atomic E-state index is 13.2. The molecule has 8 nitrogen and oxygen atoms in total. The third-order valence-electron chi connectivity index (χ3n) is 10.9. The van der Waals surface area contributed by atoms with Crippen molar-refractivity contribution in [3.05, 3.63) is 0 Å². The summed E-state index contributed by atoms with van der Waals surface area (Å²) in [6, 6.07) is 0. The normalized spacial score (nSPS) is 24.6. The molecule has 3 fully saturated rings. The van der Waals surface area contributed by atoms with Crippen molar-refractivity contribution < 1.29 is 33.3 Å². The van der Waals surface area contributed by atoms with Gasteiger partial charge >= 0.3 is 18.1 Å². The minimum Gasteiger partial charge on any atom is -0.465 e. The Bertz CT molecular complexity index is 885. The zero-order valence-corrected chi connectivity index (χ0v) is 31.1. The van der Waals surface area contributed by atoms with Gasteiger partial charge in [-0.25, -0.2) is 4.79 Å². The van der Waals surface area contributed by atoms with Crippen LogP contribution in [0.2, 0.25) is 0 Å². The number of hydrogen-bond acceptors (Lipinski definition) is 8. The van der Waals surface area contributed by atoms with Crippen molar-refractivity contribution >= 4 is 18.1 Å². The lowest BCUT2D eigenvalue weighted by atomic mass is 9.56. The third-order valence-corrected chi connectivity index (χ3v) is 10.9. The maximum Gasteiger partial charge on any atom is 0.508 e. The highest BCUT2D eigenvalue weighted by Gasteiger charge is 2.45. The predicted molar refractivity (Wildman–Crippen MR) is 191 cm³/mol. The number of carbonyl (C=O) groups is 3. The number of rotatable bonds is 25. The van der Waals surface area contributed by atoms with Gasteiger partial charge in [-0.3, -0.25) is 9.59 Å². The van der Waals surface area contributed by atoms with Gasteiger partial charge in [-0.1, -0.05) is 91.4 Å². The molecule has 0 aromatic rings. The van der Waals surface area contributed by atoms with Gasteiger partial charge in [0.1, 0.15) is 19.8 Å². The highest BCUT2D eigenvalue weighted by Crippen LogP contribution is 2.54. The molecule has 1 aliphatic heterocycles. The minimum atomic E-state index is -0.729. The second-order valence-electron chi connectivity index (χ2n) is 16.0. The van der Waals surface area contributed by atoms with Gasteiger partial charge in [0, 0.05) is 13.0 Å². The van der Waals surface area contributed by atoms with Crippen molar-refractivity contribution in [1.29, 1.82) is 0 Å². The molecule has 3 aliphatic rings. The Morgan fingerprint density at radius 3 is 1.81 bits per heavy atom. The molecule has 48 heavy (non-hydrogen) atoms. The minimum absolute atomic E-state index is 0.0224. The quantitative estimate of drug-likeness (QED) is 0.0536. The first kappa shape index (κ1) is 40.6. The van der Waals surface area contributed by atoms with E-state index in [2.05, 4.69) is 25.7 Å². The summed E-state index contributed by atoms with van der Waals surface area (Å²) in [6.45, 7) is 10.4. The van der Waals surface area contributed by atoms with Gasteiger partial charge < -0.3 is 23.8 Å². The fourth-order valence-electron chi connectivity index (χ4n) is 8.91. The van der Waals surface area contributed by atoms with Crippen LogP contribution < -0.4 is 0 Å². The zero-order valence-electron chi connectivity index (χ0n) is 31.1. The van der Waals surface area contributed by atoms with E-state index in [0.717, 1.165) is 64.6 Å². The van der Waals surface area contributed by atoms with Crippen molar-refractivity contribution in [1.82, 2.24) is 4.90 Å². The van der Waals surface area contributed by atoms with E-state index >= 15 is 0 Å². The van der Waals surface area contributed by atoms with E-state index in [1.54, 1.807) is 0 Å². The predicted octanol–water partition coefficient (Wildman–Crippen LogP) is 9.66. The maximum absolute atomic E-state index is 13.2. The molecule has 8 heteroatoms. The molecule has 5 atom stereocenters. The molecular weight excluding hydrogens is 606 g/mol. The van der Waals surface area contributed by atoms with Crippen molar-refractivity contribution in [3.63, 3.8) is 0 Å². The molecule has 0 radical (unpaired) electrons. The van der Waals surface area contributed by atoms with E-state index in [1.165, 1.54) is 83.5 Å². The Morgan fingerprint density at radius 2 is 1.21 bits per heavy atom. The Morgan fingerprint density at radius 1 is 0.667 bits per heavy atom. The van der Waals surface area contributed by atoms with Crippen LogP contribution in [0, 0.1) is 29.1 Å². The van der Waals surface area contributed by atoms with E-state index in [0.29, 0.717) is 37.2 Å². The molecule has 0 aromatic heterocycles. The molecule has 3 rings (SSSR count). The van der Waals surface area contributed by atoms with Crippen molar-refractivity contribution in [2.75, 3.05) is 46.1 Å². The fourth-order valence-corrected chi connectivity index (χ4v) is 8.91. The Hall–Kier alpha value is -1.83. The standard InChI is InChI=1S/C40H71NO7/c1-4-5-6-7-8-9-10-11-12-13-14-15-19-37(42)46-30-36(32-48-39(44)45-23-18-22-41-20-16-17-21-41)31-47-38(43)29-40-26-33(2)24-35(28-40)25-34(3)27-40/h33-36H,4-32H2,1-3H3/t33-,34+,35-,36?,40?. The number of ether oxygens (including phenoxy) is 4. The van der Waals surface area contributed by atoms with Crippen LogP contribution in [0.4, 0.5) is 4.79 Å². The molecule has 2 bridgehead atoms. The first-order chi connectivity index (χ1) is 23.3. The van der Waals surface area contributed by atoms with Crippen LogP contribution in [0.3, 0.4) is 0 Å². The topological polar surface area (TPSA) is 91.4 Å². The lowest BCUT2D eigenvalue weighted by molar-refractivity contribution is -0.153. The monoisotopic (exact) mass is 678 g/mol. The molecule has 2 aliphatic carbocycles. The Labute approximate surface area is 293 Å². The molecule has 1 saturated heterocycles. The van der Waals surface area contributed by atoms with Crippen LogP contribution in [-0.2, 0) is 28.5 Å². The highest BCUT2D eigenvalue weighted by atomic mass is 16.7. The third kappa shape index (κ3) is 17.2. The van der Waals surface area contributed by atoms with E-state index in [1.807, 2.05) is 0 Å². The van der Waals surface area contributed by atoms with Gasteiger partial charge in [0.05, 0.1) is 18.9 Å². The van der Waals surface area contributed by atoms with Crippen LogP contribution in [0.5, 0.6) is 0 Å². The zero-order chi connectivity index (χ0) is 34.5. The number of nitrogens with zero attached hydrogens (tertiary/aromatic N) is 1. The SMILES string of the molecule is CCCCCCCCCCCCCCC(=O)OCC(COC(=O)CC12C[C@H](C)C[C@H](C[C@H](C)C1)C2)COC(=O)OCCCN1CCCC1. The first-order valence-electron chi connectivity index (χ1n) is 20.1. The lowest BCUT2D eigenvalue weighted by Gasteiger charge is -2.49. The second kappa shape index (κ2) is 23.6. The number of fused-ring (bicyclic) bond motifs is 2. The summed E-state index contributed by atoms with van der Waals surface area (Å²) < 4.78 is 22.1. The van der Waals surface area contributed by atoms with Crippen LogP contribution in [0.15, 0.2) is 0 Å². The molecular formula is C40H71NO7. The van der Waals surface area contributed by atoms with Gasteiger partial charge in [0.15, 0.2) is 0 Å². The van der Waals surface area contributed by atoms with Gasteiger partial charge in [0.25, 0.3) is 0 Å². The van der Waals surface area contributed by atoms with Gasteiger partial charge in [0.2, 0.25) is 0 Å². The molecule has 2 saturated carbocycles. The highest BCUT2D eigenvalue weighted by molar-refractivity contribution is 5.70. The number of carbonyl (C=O) groups excluding carboxylic acids is 3. The van der Waals surface area contributed by atoms with Crippen LogP contribution >= 0.6 is 0 Å². The number of hydrogen-bond donors (Lipinski definition) is 0. The number of unbranched alkanes of at least 4 members (excludes halogenated alkanes) is 11. The molecule has 2 unspecified atom stereocenters. The van der Waals surface area contributed by atoms with E-state index in [-0.39, 0.29) is 37.2 Å². The largest absolute Gasteiger partial charge is 0.508 e. The molecule has 0 spiro atoms. The molecule has 278 valence electrons. The first-order valence-corrected chi connectivity index (χ1v) is 20.1. The Kier molecular flexibility index (Phi) is 19.9. The molecule has 0 amide bonds. The van der Waals surface area contributed by atoms with E-state index in [9.17, 15) is 14.4 Å². The molecule has 0 aromatic carbocycles. The summed E-state index contributed by atoms with van der Waals surface area (Å²) in [5.41, 5.74) is 0.0304. The Balaban J connectivity index is 1.35. The average Bonchev–Trinajstić information content (AvgIpc) is 3.56. The fraction of sp³-hybridized carbons (Fsp3) is 0.925. The number of likely N-dealkylation sites (tertiary alicyclic amines) is 1.